The van der Waals surface area contributed by atoms with Gasteiger partial charge in [0.05, 0.1) is 23.3 Å². The topological polar surface area (TPSA) is 98.7 Å². The Morgan fingerprint density at radius 2 is 1.87 bits per heavy atom. The number of hydrogen-bond acceptors (Lipinski definition) is 5. The number of nitrogens with one attached hydrogen (secondary N) is 2. The van der Waals surface area contributed by atoms with Crippen molar-refractivity contribution in [3.8, 4) is 0 Å². The number of aliphatic hydroxyl groups is 2. The van der Waals surface area contributed by atoms with Gasteiger partial charge in [-0.1, -0.05) is 62.2 Å². The number of hydrogen-bond donors (Lipinski definition) is 4. The van der Waals surface area contributed by atoms with Crippen LogP contribution in [0.4, 0.5) is 10.1 Å². The molecule has 2 heterocycles. The molecule has 0 unspecified atom stereocenters. The molecule has 2 aromatic rings. The van der Waals surface area contributed by atoms with E-state index in [2.05, 4.69) is 31.4 Å². The average molecular weight is 566 g/mol. The van der Waals surface area contributed by atoms with Crippen molar-refractivity contribution in [3.05, 3.63) is 63.4 Å². The minimum atomic E-state index is -1.30. The Balaban J connectivity index is 1.88. The summed E-state index contributed by atoms with van der Waals surface area (Å²) in [6.07, 6.45) is 1.16. The molecule has 1 amide bonds. The second-order valence-electron chi connectivity index (χ2n) is 12.1. The Kier molecular flexibility index (Phi) is 8.01. The fraction of sp³-hybridized carbons (Fsp3) is 0.517. The van der Waals surface area contributed by atoms with Crippen LogP contribution in [0.1, 0.15) is 70.4 Å². The summed E-state index contributed by atoms with van der Waals surface area (Å²) in [5, 5.41) is 26.4. The Morgan fingerprint density at radius 3 is 2.53 bits per heavy atom. The van der Waals surface area contributed by atoms with E-state index < -0.39 is 41.4 Å². The van der Waals surface area contributed by atoms with Gasteiger partial charge in [-0.05, 0) is 60.9 Å². The molecule has 38 heavy (non-hydrogen) atoms. The lowest BCUT2D eigenvalue weighted by Crippen LogP contribution is -2.49. The van der Waals surface area contributed by atoms with Gasteiger partial charge >= 0.3 is 0 Å². The molecule has 1 fully saturated rings. The molecule has 1 spiro atoms. The van der Waals surface area contributed by atoms with Gasteiger partial charge in [0, 0.05) is 29.1 Å². The van der Waals surface area contributed by atoms with Crippen LogP contribution in [0.2, 0.25) is 10.0 Å². The Hall–Kier alpha value is -2.03. The number of rotatable bonds is 8. The van der Waals surface area contributed by atoms with Crippen LogP contribution in [0.5, 0.6) is 0 Å². The Labute approximate surface area is 232 Å². The molecule has 0 aromatic heterocycles. The van der Waals surface area contributed by atoms with Crippen LogP contribution in [0, 0.1) is 11.2 Å². The maximum atomic E-state index is 15.7. The first kappa shape index (κ1) is 29.0. The zero-order valence-corrected chi connectivity index (χ0v) is 23.6. The predicted octanol–water partition coefficient (Wildman–Crippen LogP) is 5.37. The van der Waals surface area contributed by atoms with Crippen LogP contribution in [-0.2, 0) is 15.0 Å². The largest absolute Gasteiger partial charge is 0.393 e. The van der Waals surface area contributed by atoms with Gasteiger partial charge in [0.15, 0.2) is 0 Å². The minimum absolute atomic E-state index is 0.0832. The van der Waals surface area contributed by atoms with E-state index in [-0.39, 0.29) is 40.5 Å². The molecule has 0 aliphatic carbocycles. The number of halogens is 3. The number of aliphatic hydroxyl groups excluding tert-OH is 1. The van der Waals surface area contributed by atoms with E-state index in [4.69, 9.17) is 23.2 Å². The summed E-state index contributed by atoms with van der Waals surface area (Å²) in [4.78, 5) is 27.9. The van der Waals surface area contributed by atoms with Crippen molar-refractivity contribution >= 4 is 40.6 Å². The molecule has 4 rings (SSSR count). The van der Waals surface area contributed by atoms with Crippen molar-refractivity contribution in [2.24, 2.45) is 5.41 Å². The first-order chi connectivity index (χ1) is 17.7. The van der Waals surface area contributed by atoms with Crippen molar-refractivity contribution in [2.75, 3.05) is 11.9 Å². The fourth-order valence-electron chi connectivity index (χ4n) is 6.08. The highest BCUT2D eigenvalue weighted by Gasteiger charge is 2.65. The van der Waals surface area contributed by atoms with Crippen LogP contribution >= 0.6 is 23.2 Å². The van der Waals surface area contributed by atoms with Gasteiger partial charge in [0.2, 0.25) is 5.91 Å². The lowest BCUT2D eigenvalue weighted by atomic mass is 9.62. The highest BCUT2D eigenvalue weighted by molar-refractivity contribution is 6.31. The third-order valence-electron chi connectivity index (χ3n) is 7.76. The van der Waals surface area contributed by atoms with Crippen molar-refractivity contribution in [1.29, 1.82) is 0 Å². The first-order valence-electron chi connectivity index (χ1n) is 12.9. The molecule has 6 nitrogen and oxygen atoms in total. The van der Waals surface area contributed by atoms with Gasteiger partial charge in [0.25, 0.3) is 0 Å². The first-order valence-corrected chi connectivity index (χ1v) is 13.6. The molecule has 2 aliphatic rings. The third kappa shape index (κ3) is 5.24. The molecular weight excluding hydrogens is 530 g/mol. The van der Waals surface area contributed by atoms with E-state index in [0.717, 1.165) is 0 Å². The number of carbonyl (C=O) groups excluding carboxylic acids is 2. The number of anilines is 1. The number of amides is 1. The van der Waals surface area contributed by atoms with E-state index in [1.807, 2.05) is 0 Å². The van der Waals surface area contributed by atoms with Crippen LogP contribution in [0.15, 0.2) is 36.4 Å². The third-order valence-corrected chi connectivity index (χ3v) is 8.29. The van der Waals surface area contributed by atoms with Gasteiger partial charge in [-0.15, -0.1) is 0 Å². The Morgan fingerprint density at radius 1 is 1.16 bits per heavy atom. The second-order valence-corrected chi connectivity index (χ2v) is 12.9. The van der Waals surface area contributed by atoms with E-state index in [1.54, 1.807) is 30.3 Å². The minimum Gasteiger partial charge on any atom is -0.393 e. The maximum Gasteiger partial charge on any atom is 0.237 e. The lowest BCUT2D eigenvalue weighted by molar-refractivity contribution is -0.122. The number of fused-ring (bicyclic) bond motifs is 2. The van der Waals surface area contributed by atoms with E-state index in [1.165, 1.54) is 13.0 Å². The summed E-state index contributed by atoms with van der Waals surface area (Å²) in [6, 6.07) is 8.44. The van der Waals surface area contributed by atoms with Gasteiger partial charge in [-0.2, -0.15) is 0 Å². The fourth-order valence-corrected chi connectivity index (χ4v) is 6.44. The Bertz CT molecular complexity index is 1250. The molecule has 5 atom stereocenters. The van der Waals surface area contributed by atoms with Gasteiger partial charge in [-0.3, -0.25) is 9.59 Å². The molecule has 0 saturated carbocycles. The summed E-state index contributed by atoms with van der Waals surface area (Å²) in [5.41, 5.74) is -1.42. The monoisotopic (exact) mass is 564 g/mol. The van der Waals surface area contributed by atoms with Crippen molar-refractivity contribution in [1.82, 2.24) is 5.32 Å². The summed E-state index contributed by atoms with van der Waals surface area (Å²) in [6.45, 7) is 7.25. The number of carbonyl (C=O) groups is 2. The highest BCUT2D eigenvalue weighted by atomic mass is 35.5. The zero-order chi connectivity index (χ0) is 28.0. The van der Waals surface area contributed by atoms with Gasteiger partial charge in [-0.25, -0.2) is 4.39 Å². The van der Waals surface area contributed by atoms with Gasteiger partial charge in [0.1, 0.15) is 17.0 Å². The summed E-state index contributed by atoms with van der Waals surface area (Å²) in [5.74, 6) is -2.07. The SMILES string of the molecule is CC(C)(C)C[C@H]1N[C@@H](C(=O)CCC[C@](C)(O)CO)[C@H](c2cccc(Cl)c2F)[C@@]12C(=O)Nc1cc(Cl)ccc12. The van der Waals surface area contributed by atoms with Crippen LogP contribution in [-0.4, -0.2) is 46.2 Å². The van der Waals surface area contributed by atoms with E-state index in [9.17, 15) is 19.8 Å². The van der Waals surface area contributed by atoms with E-state index >= 15 is 4.39 Å². The van der Waals surface area contributed by atoms with Crippen LogP contribution < -0.4 is 10.6 Å². The quantitative estimate of drug-likeness (QED) is 0.345. The summed E-state index contributed by atoms with van der Waals surface area (Å²) < 4.78 is 15.7. The molecule has 206 valence electrons. The van der Waals surface area contributed by atoms with Crippen molar-refractivity contribution in [2.45, 2.75) is 82.4 Å². The molecule has 1 saturated heterocycles. The van der Waals surface area contributed by atoms with E-state index in [0.29, 0.717) is 29.1 Å². The van der Waals surface area contributed by atoms with Gasteiger partial charge < -0.3 is 20.8 Å². The maximum absolute atomic E-state index is 15.7. The summed E-state index contributed by atoms with van der Waals surface area (Å²) in [7, 11) is 0. The molecule has 9 heteroatoms. The molecule has 0 radical (unpaired) electrons. The number of Topliss-reactive ketones (excluding diaryl/α,β-unsaturated/α-hetero) is 1. The molecule has 4 N–H and O–H groups in total. The molecular formula is C29H35Cl2FN2O4. The van der Waals surface area contributed by atoms with Crippen LogP contribution in [0.3, 0.4) is 0 Å². The summed E-state index contributed by atoms with van der Waals surface area (Å²) >= 11 is 12.5. The molecule has 2 aromatic carbocycles. The molecule has 0 bridgehead atoms. The number of ketones is 1. The lowest BCUT2D eigenvalue weighted by Gasteiger charge is -2.37. The highest BCUT2D eigenvalue weighted by Crippen LogP contribution is 2.57. The second kappa shape index (κ2) is 10.5. The van der Waals surface area contributed by atoms with Crippen molar-refractivity contribution in [3.63, 3.8) is 0 Å². The standard InChI is InChI=1S/C29H35Cl2FN2O4/c1-27(2,3)14-22-29(18-11-10-16(30)13-20(18)33-26(29)37)23(17-7-5-8-19(31)24(17)32)25(34-22)21(36)9-6-12-28(4,38)15-35/h5,7-8,10-11,13,22-23,25,34-35,38H,6,9,12,14-15H2,1-4H3,(H,33,37)/t22-,23+,25+,28+,29+/m1/s1. The van der Waals surface area contributed by atoms with Crippen molar-refractivity contribution < 1.29 is 24.2 Å². The smallest absolute Gasteiger partial charge is 0.237 e. The predicted molar refractivity (Wildman–Crippen MR) is 147 cm³/mol. The molecule has 2 aliphatic heterocycles. The zero-order valence-electron chi connectivity index (χ0n) is 22.1. The average Bonchev–Trinajstić information content (AvgIpc) is 3.29. The van der Waals surface area contributed by atoms with Crippen LogP contribution in [0.25, 0.3) is 0 Å². The normalized spacial score (nSPS) is 26.3. The number of benzene rings is 2.